The van der Waals surface area contributed by atoms with Crippen molar-refractivity contribution in [3.8, 4) is 5.75 Å². The molecule has 0 aliphatic rings. The number of aromatic nitrogens is 2. The topological polar surface area (TPSA) is 67.0 Å². The van der Waals surface area contributed by atoms with Crippen LogP contribution < -0.4 is 10.1 Å². The molecule has 0 saturated heterocycles. The van der Waals surface area contributed by atoms with Crippen molar-refractivity contribution in [1.82, 2.24) is 10.2 Å². The monoisotopic (exact) mass is 263 g/mol. The SMILES string of the molecule is Cc1cn[nH]c1NC(=O)CCOc1ccccc1F. The summed E-state index contributed by atoms with van der Waals surface area (Å²) in [6, 6.07) is 6.08. The van der Waals surface area contributed by atoms with E-state index in [9.17, 15) is 9.18 Å². The second-order valence-electron chi connectivity index (χ2n) is 4.01. The van der Waals surface area contributed by atoms with Crippen molar-refractivity contribution >= 4 is 11.7 Å². The summed E-state index contributed by atoms with van der Waals surface area (Å²) in [6.07, 6.45) is 1.75. The Morgan fingerprint density at radius 3 is 2.95 bits per heavy atom. The molecule has 2 aromatic rings. The number of carbonyl (C=O) groups excluding carboxylic acids is 1. The number of ether oxygens (including phenoxy) is 1. The number of halogens is 1. The molecule has 1 amide bonds. The number of hydrogen-bond acceptors (Lipinski definition) is 3. The van der Waals surface area contributed by atoms with Gasteiger partial charge in [-0.25, -0.2) is 4.39 Å². The van der Waals surface area contributed by atoms with Gasteiger partial charge in [-0.3, -0.25) is 9.89 Å². The first-order valence-corrected chi connectivity index (χ1v) is 5.84. The first kappa shape index (κ1) is 13.1. The van der Waals surface area contributed by atoms with Crippen LogP contribution in [0.15, 0.2) is 30.5 Å². The Morgan fingerprint density at radius 1 is 1.47 bits per heavy atom. The van der Waals surface area contributed by atoms with Gasteiger partial charge in [-0.2, -0.15) is 5.10 Å². The van der Waals surface area contributed by atoms with Crippen molar-refractivity contribution in [2.45, 2.75) is 13.3 Å². The minimum absolute atomic E-state index is 0.111. The molecule has 0 fully saturated rings. The molecular weight excluding hydrogens is 249 g/mol. The lowest BCUT2D eigenvalue weighted by Crippen LogP contribution is -2.16. The summed E-state index contributed by atoms with van der Waals surface area (Å²) in [4.78, 5) is 11.6. The first-order valence-electron chi connectivity index (χ1n) is 5.84. The fourth-order valence-electron chi connectivity index (χ4n) is 1.49. The molecule has 0 aliphatic carbocycles. The minimum atomic E-state index is -0.438. The molecule has 0 unspecified atom stereocenters. The zero-order chi connectivity index (χ0) is 13.7. The summed E-state index contributed by atoms with van der Waals surface area (Å²) >= 11 is 0. The average molecular weight is 263 g/mol. The van der Waals surface area contributed by atoms with Gasteiger partial charge in [0.15, 0.2) is 11.6 Å². The number of anilines is 1. The fraction of sp³-hybridized carbons (Fsp3) is 0.231. The van der Waals surface area contributed by atoms with E-state index in [2.05, 4.69) is 15.5 Å². The van der Waals surface area contributed by atoms with Crippen molar-refractivity contribution in [3.63, 3.8) is 0 Å². The maximum Gasteiger partial charge on any atom is 0.228 e. The molecule has 1 aromatic heterocycles. The summed E-state index contributed by atoms with van der Waals surface area (Å²) in [5, 5.41) is 9.12. The third-order valence-electron chi connectivity index (χ3n) is 2.52. The van der Waals surface area contributed by atoms with Crippen LogP contribution in [-0.4, -0.2) is 22.7 Å². The third-order valence-corrected chi connectivity index (χ3v) is 2.52. The fourth-order valence-corrected chi connectivity index (χ4v) is 1.49. The van der Waals surface area contributed by atoms with Crippen LogP contribution in [0.2, 0.25) is 0 Å². The number of hydrogen-bond donors (Lipinski definition) is 2. The van der Waals surface area contributed by atoms with Crippen LogP contribution in [0.4, 0.5) is 10.2 Å². The molecule has 0 spiro atoms. The van der Waals surface area contributed by atoms with E-state index in [0.29, 0.717) is 5.82 Å². The van der Waals surface area contributed by atoms with E-state index < -0.39 is 5.82 Å². The number of nitrogens with zero attached hydrogens (tertiary/aromatic N) is 1. The van der Waals surface area contributed by atoms with Gasteiger partial charge in [0.25, 0.3) is 0 Å². The summed E-state index contributed by atoms with van der Waals surface area (Å²) in [5.74, 6) is 0.0555. The smallest absolute Gasteiger partial charge is 0.228 e. The Kier molecular flexibility index (Phi) is 4.12. The van der Waals surface area contributed by atoms with E-state index >= 15 is 0 Å². The largest absolute Gasteiger partial charge is 0.490 e. The molecule has 0 bridgehead atoms. The number of H-pyrrole nitrogens is 1. The van der Waals surface area contributed by atoms with Crippen LogP contribution in [-0.2, 0) is 4.79 Å². The van der Waals surface area contributed by atoms with Crippen LogP contribution in [0.5, 0.6) is 5.75 Å². The molecule has 100 valence electrons. The van der Waals surface area contributed by atoms with Gasteiger partial charge < -0.3 is 10.1 Å². The predicted molar refractivity (Wildman–Crippen MR) is 68.5 cm³/mol. The third kappa shape index (κ3) is 3.54. The Bertz CT molecular complexity index is 569. The van der Waals surface area contributed by atoms with Gasteiger partial charge in [-0.1, -0.05) is 12.1 Å². The van der Waals surface area contributed by atoms with Gasteiger partial charge >= 0.3 is 0 Å². The summed E-state index contributed by atoms with van der Waals surface area (Å²) in [7, 11) is 0. The second kappa shape index (κ2) is 5.99. The lowest BCUT2D eigenvalue weighted by Gasteiger charge is -2.07. The number of nitrogens with one attached hydrogen (secondary N) is 2. The molecule has 0 saturated carbocycles. The van der Waals surface area contributed by atoms with Crippen molar-refractivity contribution in [2.75, 3.05) is 11.9 Å². The van der Waals surface area contributed by atoms with Gasteiger partial charge in [0, 0.05) is 5.56 Å². The van der Waals surface area contributed by atoms with Crippen molar-refractivity contribution in [1.29, 1.82) is 0 Å². The van der Waals surface area contributed by atoms with Crippen LogP contribution in [0, 0.1) is 12.7 Å². The highest BCUT2D eigenvalue weighted by Gasteiger charge is 2.07. The van der Waals surface area contributed by atoms with E-state index in [1.54, 1.807) is 18.3 Å². The number of aromatic amines is 1. The Balaban J connectivity index is 1.79. The Hall–Kier alpha value is -2.37. The van der Waals surface area contributed by atoms with Crippen molar-refractivity contribution in [2.24, 2.45) is 0 Å². The van der Waals surface area contributed by atoms with Crippen molar-refractivity contribution in [3.05, 3.63) is 41.8 Å². The van der Waals surface area contributed by atoms with Crippen LogP contribution >= 0.6 is 0 Å². The highest BCUT2D eigenvalue weighted by atomic mass is 19.1. The average Bonchev–Trinajstić information content (AvgIpc) is 2.77. The van der Waals surface area contributed by atoms with Crippen LogP contribution in [0.1, 0.15) is 12.0 Å². The highest BCUT2D eigenvalue weighted by Crippen LogP contribution is 2.15. The maximum atomic E-state index is 13.2. The lowest BCUT2D eigenvalue weighted by molar-refractivity contribution is -0.116. The van der Waals surface area contributed by atoms with E-state index in [1.807, 2.05) is 6.92 Å². The van der Waals surface area contributed by atoms with E-state index in [-0.39, 0.29) is 24.7 Å². The molecule has 1 heterocycles. The van der Waals surface area contributed by atoms with Gasteiger partial charge in [0.2, 0.25) is 5.91 Å². The molecule has 0 aliphatic heterocycles. The molecule has 2 rings (SSSR count). The number of carbonyl (C=O) groups is 1. The van der Waals surface area contributed by atoms with Gasteiger partial charge in [-0.05, 0) is 19.1 Å². The van der Waals surface area contributed by atoms with Gasteiger partial charge in [0.1, 0.15) is 5.82 Å². The molecule has 19 heavy (non-hydrogen) atoms. The van der Waals surface area contributed by atoms with E-state index in [0.717, 1.165) is 5.56 Å². The molecule has 6 heteroatoms. The van der Waals surface area contributed by atoms with E-state index in [1.165, 1.54) is 12.1 Å². The minimum Gasteiger partial charge on any atom is -0.490 e. The highest BCUT2D eigenvalue weighted by molar-refractivity contribution is 5.90. The molecular formula is C13H14FN3O2. The quantitative estimate of drug-likeness (QED) is 0.869. The predicted octanol–water partition coefficient (Wildman–Crippen LogP) is 2.26. The van der Waals surface area contributed by atoms with E-state index in [4.69, 9.17) is 4.74 Å². The molecule has 5 nitrogen and oxygen atoms in total. The lowest BCUT2D eigenvalue weighted by atomic mass is 10.3. The number of aryl methyl sites for hydroxylation is 1. The Morgan fingerprint density at radius 2 is 2.26 bits per heavy atom. The van der Waals surface area contributed by atoms with Crippen LogP contribution in [0.25, 0.3) is 0 Å². The van der Waals surface area contributed by atoms with Gasteiger partial charge in [-0.15, -0.1) is 0 Å². The molecule has 2 N–H and O–H groups in total. The summed E-state index contributed by atoms with van der Waals surface area (Å²) < 4.78 is 18.4. The molecule has 0 atom stereocenters. The van der Waals surface area contributed by atoms with Gasteiger partial charge in [0.05, 0.1) is 19.2 Å². The second-order valence-corrected chi connectivity index (χ2v) is 4.01. The number of benzene rings is 1. The zero-order valence-corrected chi connectivity index (χ0v) is 10.4. The standard InChI is InChI=1S/C13H14FN3O2/c1-9-8-15-17-13(9)16-12(18)6-7-19-11-5-3-2-4-10(11)14/h2-5,8H,6-7H2,1H3,(H2,15,16,17,18). The summed E-state index contributed by atoms with van der Waals surface area (Å²) in [6.45, 7) is 1.94. The number of rotatable bonds is 5. The van der Waals surface area contributed by atoms with Crippen molar-refractivity contribution < 1.29 is 13.9 Å². The normalized spacial score (nSPS) is 10.2. The number of para-hydroxylation sites is 1. The molecule has 1 aromatic carbocycles. The van der Waals surface area contributed by atoms with Crippen LogP contribution in [0.3, 0.4) is 0 Å². The zero-order valence-electron chi connectivity index (χ0n) is 10.4. The maximum absolute atomic E-state index is 13.2. The Labute approximate surface area is 109 Å². The molecule has 0 radical (unpaired) electrons. The summed E-state index contributed by atoms with van der Waals surface area (Å²) in [5.41, 5.74) is 0.850. The number of amides is 1. The first-order chi connectivity index (χ1) is 9.16.